The number of nitro groups is 1. The van der Waals surface area contributed by atoms with Crippen LogP contribution in [0.25, 0.3) is 11.1 Å². The van der Waals surface area contributed by atoms with E-state index >= 15 is 0 Å². The number of nitrogens with two attached hydrogens (primary N) is 2. The van der Waals surface area contributed by atoms with Crippen LogP contribution in [0.1, 0.15) is 0 Å². The Morgan fingerprint density at radius 1 is 1.43 bits per heavy atom. The molecule has 0 aliphatic rings. The third-order valence-electron chi connectivity index (χ3n) is 1.52. The van der Waals surface area contributed by atoms with E-state index in [1.54, 1.807) is 0 Å². The van der Waals surface area contributed by atoms with Gasteiger partial charge in [-0.15, -0.1) is 0 Å². The zero-order chi connectivity index (χ0) is 10.6. The van der Waals surface area contributed by atoms with E-state index < -0.39 is 4.92 Å². The summed E-state index contributed by atoms with van der Waals surface area (Å²) in [7, 11) is 0. The molecule has 2 rings (SSSR count). The molecular weight excluding hydrogens is 188 g/mol. The molecule has 0 amide bonds. The van der Waals surface area contributed by atoms with Crippen LogP contribution in [0.15, 0.2) is 29.0 Å². The van der Waals surface area contributed by atoms with Gasteiger partial charge in [-0.3, -0.25) is 21.8 Å². The summed E-state index contributed by atoms with van der Waals surface area (Å²) in [5.74, 6) is 8.00. The van der Waals surface area contributed by atoms with Crippen LogP contribution >= 0.6 is 0 Å². The maximum Gasteiger partial charge on any atom is 0.271 e. The maximum absolute atomic E-state index is 10.3. The van der Waals surface area contributed by atoms with Crippen molar-refractivity contribution in [2.45, 2.75) is 0 Å². The summed E-state index contributed by atoms with van der Waals surface area (Å²) in [6, 6.07) is 4.28. The summed E-state index contributed by atoms with van der Waals surface area (Å²) in [4.78, 5) is 13.6. The summed E-state index contributed by atoms with van der Waals surface area (Å²) in [6.07, 6.45) is 1.26. The second-order valence-electron chi connectivity index (χ2n) is 2.26. The lowest BCUT2D eigenvalue weighted by Gasteiger charge is -1.88. The Bertz CT molecular complexity index is 439. The number of hydrogen-bond acceptors (Lipinski definition) is 6. The average molecular weight is 196 g/mol. The molecule has 0 aliphatic heterocycles. The van der Waals surface area contributed by atoms with Crippen LogP contribution in [0.5, 0.6) is 0 Å². The summed E-state index contributed by atoms with van der Waals surface area (Å²) in [5.41, 5.74) is 1.08. The molecule has 1 heterocycles. The highest BCUT2D eigenvalue weighted by atomic mass is 16.6. The summed E-state index contributed by atoms with van der Waals surface area (Å²) in [6.45, 7) is 0. The monoisotopic (exact) mass is 196 g/mol. The first-order valence-electron chi connectivity index (χ1n) is 3.58. The van der Waals surface area contributed by atoms with Crippen molar-refractivity contribution in [2.24, 2.45) is 11.7 Å². The van der Waals surface area contributed by atoms with Crippen LogP contribution in [0, 0.1) is 10.1 Å². The van der Waals surface area contributed by atoms with Gasteiger partial charge in [-0.2, -0.15) is 0 Å². The van der Waals surface area contributed by atoms with Crippen molar-refractivity contribution in [3.05, 3.63) is 34.7 Å². The molecule has 0 atom stereocenters. The molecule has 7 heteroatoms. The van der Waals surface area contributed by atoms with Gasteiger partial charge in [0.05, 0.1) is 4.92 Å². The number of hydrogen-bond donors (Lipinski definition) is 2. The minimum absolute atomic E-state index is 0.0244. The fourth-order valence-corrected chi connectivity index (χ4v) is 0.960. The van der Waals surface area contributed by atoms with Crippen LogP contribution in [0.3, 0.4) is 0 Å². The number of aromatic nitrogens is 1. The van der Waals surface area contributed by atoms with Crippen LogP contribution in [-0.2, 0) is 0 Å². The van der Waals surface area contributed by atoms with Crippen molar-refractivity contribution in [1.29, 1.82) is 0 Å². The molecule has 0 saturated carbocycles. The summed E-state index contributed by atoms with van der Waals surface area (Å²) in [5, 5.41) is 10.3. The van der Waals surface area contributed by atoms with Crippen molar-refractivity contribution in [1.82, 2.24) is 4.98 Å². The topological polar surface area (TPSA) is 121 Å². The van der Waals surface area contributed by atoms with Gasteiger partial charge < -0.3 is 4.42 Å². The number of fused-ring (bicyclic) bond motifs is 1. The Kier molecular flexibility index (Phi) is 3.10. The number of hydrazine groups is 1. The Hall–Kier alpha value is -1.99. The van der Waals surface area contributed by atoms with E-state index in [1.807, 2.05) is 0 Å². The van der Waals surface area contributed by atoms with Gasteiger partial charge in [0, 0.05) is 12.1 Å². The normalized spacial score (nSPS) is 9.29. The highest BCUT2D eigenvalue weighted by Crippen LogP contribution is 2.18. The molecule has 0 aliphatic carbocycles. The number of oxazole rings is 1. The van der Waals surface area contributed by atoms with Gasteiger partial charge in [-0.05, 0) is 6.07 Å². The highest BCUT2D eigenvalue weighted by Gasteiger charge is 2.07. The molecule has 2 aromatic rings. The Morgan fingerprint density at radius 2 is 2.14 bits per heavy atom. The number of benzene rings is 1. The maximum atomic E-state index is 10.3. The molecule has 0 radical (unpaired) electrons. The predicted molar refractivity (Wildman–Crippen MR) is 49.0 cm³/mol. The van der Waals surface area contributed by atoms with Gasteiger partial charge >= 0.3 is 0 Å². The molecule has 4 N–H and O–H groups in total. The average Bonchev–Trinajstić information content (AvgIpc) is 2.67. The van der Waals surface area contributed by atoms with E-state index in [4.69, 9.17) is 4.42 Å². The molecular formula is C7H8N4O3. The molecule has 1 aromatic heterocycles. The molecule has 0 unspecified atom stereocenters. The molecule has 7 nitrogen and oxygen atoms in total. The third-order valence-corrected chi connectivity index (χ3v) is 1.52. The van der Waals surface area contributed by atoms with E-state index in [2.05, 4.69) is 16.7 Å². The summed E-state index contributed by atoms with van der Waals surface area (Å²) >= 11 is 0. The molecule has 14 heavy (non-hydrogen) atoms. The SMILES string of the molecule is NN.O=[N+]([O-])c1ccc2ocnc2c1. The molecule has 74 valence electrons. The number of rotatable bonds is 1. The first-order chi connectivity index (χ1) is 6.77. The van der Waals surface area contributed by atoms with Crippen molar-refractivity contribution >= 4 is 16.8 Å². The Balaban J connectivity index is 0.000000461. The fraction of sp³-hybridized carbons (Fsp3) is 0. The lowest BCUT2D eigenvalue weighted by atomic mass is 10.3. The highest BCUT2D eigenvalue weighted by molar-refractivity contribution is 5.74. The van der Waals surface area contributed by atoms with Gasteiger partial charge in [0.15, 0.2) is 12.0 Å². The fourth-order valence-electron chi connectivity index (χ4n) is 0.960. The van der Waals surface area contributed by atoms with E-state index in [1.165, 1.54) is 24.6 Å². The largest absolute Gasteiger partial charge is 0.443 e. The lowest BCUT2D eigenvalue weighted by molar-refractivity contribution is -0.384. The third kappa shape index (κ3) is 1.84. The molecule has 0 bridgehead atoms. The second kappa shape index (κ2) is 4.30. The zero-order valence-corrected chi connectivity index (χ0v) is 7.08. The van der Waals surface area contributed by atoms with Crippen molar-refractivity contribution < 1.29 is 9.34 Å². The van der Waals surface area contributed by atoms with Gasteiger partial charge in [0.2, 0.25) is 0 Å². The van der Waals surface area contributed by atoms with E-state index in [-0.39, 0.29) is 5.69 Å². The minimum atomic E-state index is -0.464. The van der Waals surface area contributed by atoms with Crippen LogP contribution < -0.4 is 11.7 Å². The first-order valence-corrected chi connectivity index (χ1v) is 3.58. The first kappa shape index (κ1) is 10.1. The van der Waals surface area contributed by atoms with Crippen LogP contribution in [0.4, 0.5) is 5.69 Å². The van der Waals surface area contributed by atoms with Gasteiger partial charge in [0.25, 0.3) is 5.69 Å². The van der Waals surface area contributed by atoms with Crippen molar-refractivity contribution in [3.8, 4) is 0 Å². The lowest BCUT2D eigenvalue weighted by Crippen LogP contribution is -2.02. The minimum Gasteiger partial charge on any atom is -0.443 e. The molecule has 0 saturated heterocycles. The van der Waals surface area contributed by atoms with Crippen LogP contribution in [0.2, 0.25) is 0 Å². The van der Waals surface area contributed by atoms with E-state index in [0.717, 1.165) is 0 Å². The zero-order valence-electron chi connectivity index (χ0n) is 7.08. The number of nitrogens with zero attached hydrogens (tertiary/aromatic N) is 2. The predicted octanol–water partition coefficient (Wildman–Crippen LogP) is 0.555. The molecule has 1 aromatic carbocycles. The Labute approximate surface area is 78.4 Å². The molecule has 0 spiro atoms. The van der Waals surface area contributed by atoms with Crippen LogP contribution in [-0.4, -0.2) is 9.91 Å². The molecule has 0 fully saturated rings. The quantitative estimate of drug-likeness (QED) is 0.390. The van der Waals surface area contributed by atoms with Gasteiger partial charge in [-0.1, -0.05) is 0 Å². The van der Waals surface area contributed by atoms with Gasteiger partial charge in [0.1, 0.15) is 5.52 Å². The van der Waals surface area contributed by atoms with Gasteiger partial charge in [-0.25, -0.2) is 4.98 Å². The smallest absolute Gasteiger partial charge is 0.271 e. The van der Waals surface area contributed by atoms with E-state index in [0.29, 0.717) is 11.1 Å². The second-order valence-corrected chi connectivity index (χ2v) is 2.26. The number of non-ortho nitro benzene ring substituents is 1. The van der Waals surface area contributed by atoms with Crippen molar-refractivity contribution in [2.75, 3.05) is 0 Å². The standard InChI is InChI=1S/C7H4N2O3.H4N2/c10-9(11)5-1-2-7-6(3-5)8-4-12-7;1-2/h1-4H;1-2H2. The Morgan fingerprint density at radius 3 is 2.79 bits per heavy atom. The summed E-state index contributed by atoms with van der Waals surface area (Å²) < 4.78 is 4.92. The van der Waals surface area contributed by atoms with E-state index in [9.17, 15) is 10.1 Å². The van der Waals surface area contributed by atoms with Crippen molar-refractivity contribution in [3.63, 3.8) is 0 Å². The number of nitro benzene ring substituents is 1.